The van der Waals surface area contributed by atoms with E-state index in [9.17, 15) is 4.79 Å². The van der Waals surface area contributed by atoms with Gasteiger partial charge in [-0.25, -0.2) is 0 Å². The van der Waals surface area contributed by atoms with Gasteiger partial charge in [0.1, 0.15) is 5.69 Å². The number of nitrogens with two attached hydrogens (primary N) is 1. The van der Waals surface area contributed by atoms with Crippen molar-refractivity contribution in [3.63, 3.8) is 0 Å². The SMILES string of the molecule is CCC1COCCN1C(=O)c1c(N)cnn1C. The molecule has 1 saturated heterocycles. The molecule has 6 heteroatoms. The monoisotopic (exact) mass is 238 g/mol. The second-order valence-corrected chi connectivity index (χ2v) is 4.21. The van der Waals surface area contributed by atoms with Crippen molar-refractivity contribution in [2.24, 2.45) is 7.05 Å². The Kier molecular flexibility index (Phi) is 3.33. The first-order chi connectivity index (χ1) is 8.15. The smallest absolute Gasteiger partial charge is 0.274 e. The van der Waals surface area contributed by atoms with Crippen LogP contribution in [0.3, 0.4) is 0 Å². The maximum atomic E-state index is 12.4. The van der Waals surface area contributed by atoms with Crippen LogP contribution in [0, 0.1) is 0 Å². The minimum atomic E-state index is -0.0577. The molecule has 17 heavy (non-hydrogen) atoms. The maximum absolute atomic E-state index is 12.4. The Morgan fingerprint density at radius 3 is 3.06 bits per heavy atom. The molecule has 94 valence electrons. The first-order valence-electron chi connectivity index (χ1n) is 5.81. The highest BCUT2D eigenvalue weighted by atomic mass is 16.5. The molecule has 1 amide bonds. The van der Waals surface area contributed by atoms with E-state index in [2.05, 4.69) is 5.10 Å². The number of aryl methyl sites for hydroxylation is 1. The second kappa shape index (κ2) is 4.75. The zero-order chi connectivity index (χ0) is 12.4. The highest BCUT2D eigenvalue weighted by molar-refractivity contribution is 5.97. The van der Waals surface area contributed by atoms with Crippen LogP contribution >= 0.6 is 0 Å². The first kappa shape index (κ1) is 11.9. The van der Waals surface area contributed by atoms with Crippen molar-refractivity contribution < 1.29 is 9.53 Å². The van der Waals surface area contributed by atoms with Gasteiger partial charge < -0.3 is 15.4 Å². The van der Waals surface area contributed by atoms with Gasteiger partial charge in [-0.05, 0) is 6.42 Å². The first-order valence-corrected chi connectivity index (χ1v) is 5.81. The molecule has 1 aromatic rings. The van der Waals surface area contributed by atoms with E-state index in [1.807, 2.05) is 11.8 Å². The summed E-state index contributed by atoms with van der Waals surface area (Å²) < 4.78 is 6.91. The third-order valence-electron chi connectivity index (χ3n) is 3.13. The summed E-state index contributed by atoms with van der Waals surface area (Å²) in [6.45, 7) is 3.84. The summed E-state index contributed by atoms with van der Waals surface area (Å²) in [6, 6.07) is 0.130. The number of rotatable bonds is 2. The van der Waals surface area contributed by atoms with Crippen molar-refractivity contribution in [1.29, 1.82) is 0 Å². The van der Waals surface area contributed by atoms with Gasteiger partial charge in [0.2, 0.25) is 0 Å². The summed E-state index contributed by atoms with van der Waals surface area (Å²) in [6.07, 6.45) is 2.39. The van der Waals surface area contributed by atoms with Crippen molar-refractivity contribution >= 4 is 11.6 Å². The minimum Gasteiger partial charge on any atom is -0.396 e. The average molecular weight is 238 g/mol. The van der Waals surface area contributed by atoms with E-state index in [-0.39, 0.29) is 11.9 Å². The molecule has 1 unspecified atom stereocenters. The number of nitrogens with zero attached hydrogens (tertiary/aromatic N) is 3. The zero-order valence-electron chi connectivity index (χ0n) is 10.2. The molecule has 6 nitrogen and oxygen atoms in total. The van der Waals surface area contributed by atoms with E-state index in [4.69, 9.17) is 10.5 Å². The molecule has 2 heterocycles. The summed E-state index contributed by atoms with van der Waals surface area (Å²) in [5, 5.41) is 4.00. The Labute approximate surface area is 100 Å². The van der Waals surface area contributed by atoms with Gasteiger partial charge in [-0.1, -0.05) is 6.92 Å². The Hall–Kier alpha value is -1.56. The van der Waals surface area contributed by atoms with Crippen molar-refractivity contribution in [2.45, 2.75) is 19.4 Å². The molecule has 0 spiro atoms. The summed E-state index contributed by atoms with van der Waals surface area (Å²) >= 11 is 0. The third kappa shape index (κ3) is 2.12. The lowest BCUT2D eigenvalue weighted by atomic mass is 10.1. The van der Waals surface area contributed by atoms with Gasteiger partial charge in [-0.3, -0.25) is 9.48 Å². The van der Waals surface area contributed by atoms with Gasteiger partial charge >= 0.3 is 0 Å². The van der Waals surface area contributed by atoms with Crippen LogP contribution in [0.15, 0.2) is 6.20 Å². The number of aromatic nitrogens is 2. The topological polar surface area (TPSA) is 73.4 Å². The summed E-state index contributed by atoms with van der Waals surface area (Å²) in [7, 11) is 1.73. The molecular formula is C11H18N4O2. The number of amides is 1. The molecule has 1 aliphatic heterocycles. The average Bonchev–Trinajstić information content (AvgIpc) is 2.68. The zero-order valence-corrected chi connectivity index (χ0v) is 10.2. The number of anilines is 1. The number of morpholine rings is 1. The van der Waals surface area contributed by atoms with Crippen LogP contribution in [-0.2, 0) is 11.8 Å². The molecule has 1 aliphatic rings. The van der Waals surface area contributed by atoms with Gasteiger partial charge in [0.15, 0.2) is 0 Å². The Bertz CT molecular complexity index is 396. The van der Waals surface area contributed by atoms with E-state index in [1.165, 1.54) is 10.9 Å². The lowest BCUT2D eigenvalue weighted by Gasteiger charge is -2.35. The minimum absolute atomic E-state index is 0.0577. The molecular weight excluding hydrogens is 220 g/mol. The van der Waals surface area contributed by atoms with E-state index in [0.29, 0.717) is 31.1 Å². The standard InChI is InChI=1S/C11H18N4O2/c1-3-8-7-17-5-4-15(8)11(16)10-9(12)6-13-14(10)2/h6,8H,3-5,7,12H2,1-2H3. The highest BCUT2D eigenvalue weighted by Gasteiger charge is 2.29. The largest absolute Gasteiger partial charge is 0.396 e. The predicted octanol–water partition coefficient (Wildman–Crippen LogP) is 0.253. The number of ether oxygens (including phenoxy) is 1. The molecule has 0 bridgehead atoms. The van der Waals surface area contributed by atoms with Crippen molar-refractivity contribution in [1.82, 2.24) is 14.7 Å². The van der Waals surface area contributed by atoms with Crippen molar-refractivity contribution in [3.8, 4) is 0 Å². The molecule has 2 rings (SSSR count). The van der Waals surface area contributed by atoms with Crippen LogP contribution in [0.25, 0.3) is 0 Å². The summed E-state index contributed by atoms with van der Waals surface area (Å²) in [4.78, 5) is 14.2. The quantitative estimate of drug-likeness (QED) is 0.801. The molecule has 0 radical (unpaired) electrons. The molecule has 1 atom stereocenters. The van der Waals surface area contributed by atoms with Gasteiger partial charge in [0, 0.05) is 13.6 Å². The van der Waals surface area contributed by atoms with E-state index in [0.717, 1.165) is 6.42 Å². The van der Waals surface area contributed by atoms with E-state index in [1.54, 1.807) is 7.05 Å². The van der Waals surface area contributed by atoms with Gasteiger partial charge in [0.25, 0.3) is 5.91 Å². The fourth-order valence-electron chi connectivity index (χ4n) is 2.11. The van der Waals surface area contributed by atoms with Gasteiger partial charge in [0.05, 0.1) is 31.1 Å². The Balaban J connectivity index is 2.24. The van der Waals surface area contributed by atoms with Gasteiger partial charge in [-0.2, -0.15) is 5.10 Å². The van der Waals surface area contributed by atoms with Crippen LogP contribution in [0.5, 0.6) is 0 Å². The number of hydrogen-bond acceptors (Lipinski definition) is 4. The van der Waals surface area contributed by atoms with Crippen LogP contribution < -0.4 is 5.73 Å². The molecule has 0 aliphatic carbocycles. The predicted molar refractivity (Wildman–Crippen MR) is 63.6 cm³/mol. The Morgan fingerprint density at radius 2 is 2.47 bits per heavy atom. The maximum Gasteiger partial charge on any atom is 0.274 e. The third-order valence-corrected chi connectivity index (χ3v) is 3.13. The highest BCUT2D eigenvalue weighted by Crippen LogP contribution is 2.18. The fraction of sp³-hybridized carbons (Fsp3) is 0.636. The lowest BCUT2D eigenvalue weighted by molar-refractivity contribution is -0.00330. The Morgan fingerprint density at radius 1 is 1.71 bits per heavy atom. The normalized spacial score (nSPS) is 20.6. The van der Waals surface area contributed by atoms with E-state index >= 15 is 0 Å². The lowest BCUT2D eigenvalue weighted by Crippen LogP contribution is -2.48. The molecule has 1 aromatic heterocycles. The molecule has 1 fully saturated rings. The van der Waals surface area contributed by atoms with Crippen LogP contribution in [0.1, 0.15) is 23.8 Å². The summed E-state index contributed by atoms with van der Waals surface area (Å²) in [5.74, 6) is -0.0577. The number of hydrogen-bond donors (Lipinski definition) is 1. The van der Waals surface area contributed by atoms with E-state index < -0.39 is 0 Å². The van der Waals surface area contributed by atoms with Crippen LogP contribution in [0.2, 0.25) is 0 Å². The van der Waals surface area contributed by atoms with Crippen LogP contribution in [0.4, 0.5) is 5.69 Å². The van der Waals surface area contributed by atoms with Crippen molar-refractivity contribution in [2.75, 3.05) is 25.5 Å². The fourth-order valence-corrected chi connectivity index (χ4v) is 2.11. The number of carbonyl (C=O) groups is 1. The second-order valence-electron chi connectivity index (χ2n) is 4.21. The molecule has 2 N–H and O–H groups in total. The van der Waals surface area contributed by atoms with Crippen LogP contribution in [-0.4, -0.2) is 46.4 Å². The number of carbonyl (C=O) groups excluding carboxylic acids is 1. The van der Waals surface area contributed by atoms with Crippen molar-refractivity contribution in [3.05, 3.63) is 11.9 Å². The molecule has 0 saturated carbocycles. The number of nitrogen functional groups attached to an aromatic ring is 1. The van der Waals surface area contributed by atoms with Gasteiger partial charge in [-0.15, -0.1) is 0 Å². The molecule has 0 aromatic carbocycles. The summed E-state index contributed by atoms with van der Waals surface area (Å²) in [5.41, 5.74) is 6.67.